The molecule has 0 saturated heterocycles. The third-order valence-corrected chi connectivity index (χ3v) is 4.27. The van der Waals surface area contributed by atoms with E-state index in [2.05, 4.69) is 15.0 Å². The number of nitrogen functional groups attached to an aromatic ring is 1. The molecule has 112 valence electrons. The minimum atomic E-state index is 0.402. The standard InChI is InChI=1S/C17H13N5S/c18-16-20-14(13-8-4-5-9-19-13)10-22(16)17-21-15(11-23-17)12-6-2-1-3-7-12/h1-11H,(H2,18,20). The van der Waals surface area contributed by atoms with E-state index in [4.69, 9.17) is 5.73 Å². The molecule has 0 aliphatic heterocycles. The van der Waals surface area contributed by atoms with Crippen molar-refractivity contribution in [2.24, 2.45) is 0 Å². The fourth-order valence-electron chi connectivity index (χ4n) is 2.30. The Kier molecular flexibility index (Phi) is 3.36. The van der Waals surface area contributed by atoms with Crippen LogP contribution in [0.3, 0.4) is 0 Å². The van der Waals surface area contributed by atoms with Gasteiger partial charge in [-0.1, -0.05) is 36.4 Å². The number of aromatic nitrogens is 4. The molecular weight excluding hydrogens is 306 g/mol. The minimum Gasteiger partial charge on any atom is -0.369 e. The second kappa shape index (κ2) is 5.66. The number of thiazole rings is 1. The SMILES string of the molecule is Nc1nc(-c2ccccn2)cn1-c1nc(-c2ccccc2)cs1. The summed E-state index contributed by atoms with van der Waals surface area (Å²) in [6, 6.07) is 15.8. The second-order valence-electron chi connectivity index (χ2n) is 4.95. The first kappa shape index (κ1) is 13.7. The topological polar surface area (TPSA) is 69.6 Å². The summed E-state index contributed by atoms with van der Waals surface area (Å²) < 4.78 is 1.79. The zero-order chi connectivity index (χ0) is 15.6. The summed E-state index contributed by atoms with van der Waals surface area (Å²) in [5.41, 5.74) is 9.59. The number of rotatable bonds is 3. The van der Waals surface area contributed by atoms with Crippen LogP contribution < -0.4 is 5.73 Å². The van der Waals surface area contributed by atoms with E-state index in [1.54, 1.807) is 10.8 Å². The molecule has 3 heterocycles. The molecule has 5 nitrogen and oxygen atoms in total. The van der Waals surface area contributed by atoms with Gasteiger partial charge in [0.1, 0.15) is 5.69 Å². The van der Waals surface area contributed by atoms with Crippen LogP contribution in [-0.4, -0.2) is 19.5 Å². The predicted molar refractivity (Wildman–Crippen MR) is 92.3 cm³/mol. The summed E-state index contributed by atoms with van der Waals surface area (Å²) in [4.78, 5) is 13.3. The Labute approximate surface area is 137 Å². The van der Waals surface area contributed by atoms with Crippen molar-refractivity contribution in [1.29, 1.82) is 0 Å². The van der Waals surface area contributed by atoms with E-state index in [9.17, 15) is 0 Å². The molecule has 0 fully saturated rings. The van der Waals surface area contributed by atoms with Gasteiger partial charge in [-0.05, 0) is 12.1 Å². The summed E-state index contributed by atoms with van der Waals surface area (Å²) in [5.74, 6) is 0.402. The number of anilines is 1. The first-order chi connectivity index (χ1) is 11.3. The zero-order valence-electron chi connectivity index (χ0n) is 12.1. The van der Waals surface area contributed by atoms with Crippen LogP contribution in [0.25, 0.3) is 27.8 Å². The van der Waals surface area contributed by atoms with Gasteiger partial charge < -0.3 is 5.73 Å². The van der Waals surface area contributed by atoms with Crippen LogP contribution in [0.5, 0.6) is 0 Å². The second-order valence-corrected chi connectivity index (χ2v) is 5.79. The van der Waals surface area contributed by atoms with E-state index in [-0.39, 0.29) is 0 Å². The number of benzene rings is 1. The van der Waals surface area contributed by atoms with Crippen molar-refractivity contribution in [2.75, 3.05) is 5.73 Å². The quantitative estimate of drug-likeness (QED) is 0.626. The summed E-state index contributed by atoms with van der Waals surface area (Å²) in [6.07, 6.45) is 3.60. The third-order valence-electron chi connectivity index (χ3n) is 3.43. The van der Waals surface area contributed by atoms with Gasteiger partial charge in [0, 0.05) is 23.3 Å². The van der Waals surface area contributed by atoms with Gasteiger partial charge in [0.15, 0.2) is 5.13 Å². The van der Waals surface area contributed by atoms with Crippen LogP contribution in [0.4, 0.5) is 5.95 Å². The smallest absolute Gasteiger partial charge is 0.207 e. The lowest BCUT2D eigenvalue weighted by Crippen LogP contribution is -1.98. The van der Waals surface area contributed by atoms with E-state index < -0.39 is 0 Å². The van der Waals surface area contributed by atoms with Crippen molar-refractivity contribution in [1.82, 2.24) is 19.5 Å². The molecule has 0 amide bonds. The number of imidazole rings is 1. The van der Waals surface area contributed by atoms with Crippen molar-refractivity contribution in [3.8, 4) is 27.8 Å². The lowest BCUT2D eigenvalue weighted by molar-refractivity contribution is 1.05. The molecule has 6 heteroatoms. The van der Waals surface area contributed by atoms with Gasteiger partial charge in [0.2, 0.25) is 5.95 Å². The monoisotopic (exact) mass is 319 g/mol. The van der Waals surface area contributed by atoms with Gasteiger partial charge in [0.05, 0.1) is 11.4 Å². The molecule has 0 atom stereocenters. The highest BCUT2D eigenvalue weighted by Gasteiger charge is 2.12. The van der Waals surface area contributed by atoms with Crippen LogP contribution in [-0.2, 0) is 0 Å². The largest absolute Gasteiger partial charge is 0.369 e. The van der Waals surface area contributed by atoms with E-state index in [0.717, 1.165) is 27.8 Å². The molecule has 4 aromatic rings. The highest BCUT2D eigenvalue weighted by Crippen LogP contribution is 2.27. The van der Waals surface area contributed by atoms with Crippen LogP contribution in [0.2, 0.25) is 0 Å². The molecule has 2 N–H and O–H groups in total. The zero-order valence-corrected chi connectivity index (χ0v) is 12.9. The lowest BCUT2D eigenvalue weighted by Gasteiger charge is -1.98. The summed E-state index contributed by atoms with van der Waals surface area (Å²) >= 11 is 1.53. The van der Waals surface area contributed by atoms with Gasteiger partial charge in [0.25, 0.3) is 0 Å². The van der Waals surface area contributed by atoms with E-state index in [1.807, 2.05) is 60.1 Å². The Morgan fingerprint density at radius 3 is 2.48 bits per heavy atom. The molecule has 0 aliphatic carbocycles. The number of pyridine rings is 1. The lowest BCUT2D eigenvalue weighted by atomic mass is 10.2. The molecule has 0 bridgehead atoms. The van der Waals surface area contributed by atoms with Crippen LogP contribution in [0.15, 0.2) is 66.3 Å². The predicted octanol–water partition coefficient (Wildman–Crippen LogP) is 3.64. The highest BCUT2D eigenvalue weighted by atomic mass is 32.1. The molecule has 0 saturated carbocycles. The summed E-state index contributed by atoms with van der Waals surface area (Å²) in [5, 5.41) is 2.81. The third kappa shape index (κ3) is 2.60. The first-order valence-corrected chi connectivity index (χ1v) is 7.97. The molecule has 0 aliphatic rings. The number of hydrogen-bond donors (Lipinski definition) is 1. The average Bonchev–Trinajstić information content (AvgIpc) is 3.23. The number of hydrogen-bond acceptors (Lipinski definition) is 5. The van der Waals surface area contributed by atoms with Gasteiger partial charge >= 0.3 is 0 Å². The number of nitrogens with zero attached hydrogens (tertiary/aromatic N) is 4. The van der Waals surface area contributed by atoms with Gasteiger partial charge in [-0.2, -0.15) is 0 Å². The number of nitrogens with two attached hydrogens (primary N) is 1. The van der Waals surface area contributed by atoms with Crippen molar-refractivity contribution in [3.63, 3.8) is 0 Å². The maximum absolute atomic E-state index is 6.05. The maximum atomic E-state index is 6.05. The van der Waals surface area contributed by atoms with Gasteiger partial charge in [-0.25, -0.2) is 9.97 Å². The summed E-state index contributed by atoms with van der Waals surface area (Å²) in [7, 11) is 0. The van der Waals surface area contributed by atoms with Crippen LogP contribution in [0.1, 0.15) is 0 Å². The van der Waals surface area contributed by atoms with Crippen molar-refractivity contribution >= 4 is 17.3 Å². The van der Waals surface area contributed by atoms with Crippen LogP contribution >= 0.6 is 11.3 Å². The molecule has 4 rings (SSSR count). The maximum Gasteiger partial charge on any atom is 0.207 e. The average molecular weight is 319 g/mol. The fraction of sp³-hybridized carbons (Fsp3) is 0. The van der Waals surface area contributed by atoms with Crippen molar-refractivity contribution < 1.29 is 0 Å². The van der Waals surface area contributed by atoms with E-state index >= 15 is 0 Å². The molecule has 0 radical (unpaired) electrons. The molecule has 0 spiro atoms. The highest BCUT2D eigenvalue weighted by molar-refractivity contribution is 7.12. The van der Waals surface area contributed by atoms with Crippen molar-refractivity contribution in [3.05, 3.63) is 66.3 Å². The normalized spacial score (nSPS) is 10.8. The Balaban J connectivity index is 1.72. The molecule has 23 heavy (non-hydrogen) atoms. The molecule has 1 aromatic carbocycles. The Morgan fingerprint density at radius 1 is 0.870 bits per heavy atom. The fourth-order valence-corrected chi connectivity index (χ4v) is 3.12. The Morgan fingerprint density at radius 2 is 1.70 bits per heavy atom. The van der Waals surface area contributed by atoms with Crippen LogP contribution in [0, 0.1) is 0 Å². The molecular formula is C17H13N5S. The van der Waals surface area contributed by atoms with Gasteiger partial charge in [-0.15, -0.1) is 11.3 Å². The Bertz CT molecular complexity index is 928. The minimum absolute atomic E-state index is 0.402. The van der Waals surface area contributed by atoms with E-state index in [1.165, 1.54) is 11.3 Å². The molecule has 3 aromatic heterocycles. The summed E-state index contributed by atoms with van der Waals surface area (Å²) in [6.45, 7) is 0. The molecule has 0 unspecified atom stereocenters. The first-order valence-electron chi connectivity index (χ1n) is 7.09. The Hall–Kier alpha value is -2.99. The van der Waals surface area contributed by atoms with E-state index in [0.29, 0.717) is 5.95 Å². The van der Waals surface area contributed by atoms with Crippen molar-refractivity contribution in [2.45, 2.75) is 0 Å². The van der Waals surface area contributed by atoms with Gasteiger partial charge in [-0.3, -0.25) is 9.55 Å².